The smallest absolute Gasteiger partial charge is 0.161 e. The van der Waals surface area contributed by atoms with E-state index in [0.29, 0.717) is 18.8 Å². The van der Waals surface area contributed by atoms with Gasteiger partial charge >= 0.3 is 0 Å². The van der Waals surface area contributed by atoms with E-state index in [4.69, 9.17) is 9.47 Å². The number of benzene rings is 1. The summed E-state index contributed by atoms with van der Waals surface area (Å²) in [5.41, 5.74) is 0.940. The van der Waals surface area contributed by atoms with Crippen molar-refractivity contribution in [3.8, 4) is 11.5 Å². The lowest BCUT2D eigenvalue weighted by Gasteiger charge is -2.29. The van der Waals surface area contributed by atoms with Gasteiger partial charge in [-0.2, -0.15) is 0 Å². The van der Waals surface area contributed by atoms with Gasteiger partial charge in [0.25, 0.3) is 0 Å². The molecule has 1 aliphatic rings. The van der Waals surface area contributed by atoms with Gasteiger partial charge in [-0.15, -0.1) is 6.58 Å². The van der Waals surface area contributed by atoms with E-state index >= 15 is 0 Å². The molecule has 1 heterocycles. The van der Waals surface area contributed by atoms with Crippen molar-refractivity contribution < 1.29 is 14.6 Å². The van der Waals surface area contributed by atoms with Crippen molar-refractivity contribution in [2.75, 3.05) is 6.61 Å². The van der Waals surface area contributed by atoms with Crippen LogP contribution in [-0.2, 0) is 0 Å². The van der Waals surface area contributed by atoms with Crippen LogP contribution in [0.2, 0.25) is 0 Å². The molecule has 0 aromatic heterocycles. The molecule has 3 nitrogen and oxygen atoms in total. The maximum atomic E-state index is 9.90. The van der Waals surface area contributed by atoms with E-state index in [1.165, 1.54) is 0 Å². The van der Waals surface area contributed by atoms with Crippen LogP contribution in [0.3, 0.4) is 0 Å². The number of ether oxygens (including phenoxy) is 2. The Balaban J connectivity index is 2.05. The number of fused-ring (bicyclic) bond motifs is 1. The maximum absolute atomic E-state index is 9.90. The number of aliphatic hydroxyl groups is 1. The van der Waals surface area contributed by atoms with Gasteiger partial charge in [-0.25, -0.2) is 0 Å². The molecule has 1 N–H and O–H groups in total. The van der Waals surface area contributed by atoms with Gasteiger partial charge in [-0.05, 0) is 25.5 Å². The monoisotopic (exact) mass is 220 g/mol. The van der Waals surface area contributed by atoms with Gasteiger partial charge in [-0.3, -0.25) is 0 Å². The SMILES string of the molecule is C=C(C)CC(O)C1COc2ccccc2O1. The van der Waals surface area contributed by atoms with Crippen LogP contribution in [-0.4, -0.2) is 23.9 Å². The minimum atomic E-state index is -0.564. The summed E-state index contributed by atoms with van der Waals surface area (Å²) < 4.78 is 11.2. The van der Waals surface area contributed by atoms with E-state index in [9.17, 15) is 5.11 Å². The molecule has 0 saturated carbocycles. The predicted molar refractivity (Wildman–Crippen MR) is 61.8 cm³/mol. The molecule has 0 aliphatic carbocycles. The molecule has 1 aromatic carbocycles. The highest BCUT2D eigenvalue weighted by Crippen LogP contribution is 2.32. The lowest BCUT2D eigenvalue weighted by Crippen LogP contribution is -2.39. The van der Waals surface area contributed by atoms with Crippen molar-refractivity contribution in [3.05, 3.63) is 36.4 Å². The summed E-state index contributed by atoms with van der Waals surface area (Å²) in [5.74, 6) is 1.43. The van der Waals surface area contributed by atoms with Crippen LogP contribution in [0.5, 0.6) is 11.5 Å². The summed E-state index contributed by atoms with van der Waals surface area (Å²) in [6, 6.07) is 7.48. The molecule has 16 heavy (non-hydrogen) atoms. The summed E-state index contributed by atoms with van der Waals surface area (Å²) in [6.45, 7) is 6.05. The maximum Gasteiger partial charge on any atom is 0.161 e. The summed E-state index contributed by atoms with van der Waals surface area (Å²) in [6.07, 6.45) is -0.339. The Labute approximate surface area is 95.3 Å². The van der Waals surface area contributed by atoms with Gasteiger partial charge in [0.05, 0.1) is 6.10 Å². The number of hydrogen-bond donors (Lipinski definition) is 1. The Kier molecular flexibility index (Phi) is 3.15. The van der Waals surface area contributed by atoms with Crippen LogP contribution in [0, 0.1) is 0 Å². The molecule has 0 amide bonds. The summed E-state index contributed by atoms with van der Waals surface area (Å²) in [4.78, 5) is 0. The van der Waals surface area contributed by atoms with Crippen molar-refractivity contribution in [1.82, 2.24) is 0 Å². The quantitative estimate of drug-likeness (QED) is 0.793. The number of rotatable bonds is 3. The Morgan fingerprint density at radius 3 is 2.88 bits per heavy atom. The average molecular weight is 220 g/mol. The van der Waals surface area contributed by atoms with Crippen molar-refractivity contribution >= 4 is 0 Å². The van der Waals surface area contributed by atoms with Crippen LogP contribution in [0.4, 0.5) is 0 Å². The molecule has 86 valence electrons. The van der Waals surface area contributed by atoms with Crippen molar-refractivity contribution in [3.63, 3.8) is 0 Å². The third kappa shape index (κ3) is 2.36. The number of aliphatic hydroxyl groups excluding tert-OH is 1. The molecule has 1 aliphatic heterocycles. The van der Waals surface area contributed by atoms with E-state index in [2.05, 4.69) is 6.58 Å². The van der Waals surface area contributed by atoms with Crippen LogP contribution >= 0.6 is 0 Å². The second-order valence-electron chi connectivity index (χ2n) is 4.14. The van der Waals surface area contributed by atoms with Gasteiger partial charge in [-0.1, -0.05) is 17.7 Å². The molecule has 0 bridgehead atoms. The second-order valence-corrected chi connectivity index (χ2v) is 4.14. The first-order valence-corrected chi connectivity index (χ1v) is 5.38. The lowest BCUT2D eigenvalue weighted by molar-refractivity contribution is -0.00931. The normalized spacial score (nSPS) is 20.2. The summed E-state index contributed by atoms with van der Waals surface area (Å²) >= 11 is 0. The molecule has 3 heteroatoms. The Bertz CT molecular complexity index is 387. The van der Waals surface area contributed by atoms with Crippen molar-refractivity contribution in [2.45, 2.75) is 25.6 Å². The van der Waals surface area contributed by atoms with Crippen LogP contribution in [0.15, 0.2) is 36.4 Å². The molecule has 0 radical (unpaired) electrons. The van der Waals surface area contributed by atoms with Gasteiger partial charge in [0.15, 0.2) is 17.6 Å². The van der Waals surface area contributed by atoms with E-state index < -0.39 is 6.10 Å². The summed E-state index contributed by atoms with van der Waals surface area (Å²) in [7, 11) is 0. The van der Waals surface area contributed by atoms with Crippen LogP contribution in [0.1, 0.15) is 13.3 Å². The first-order valence-electron chi connectivity index (χ1n) is 5.38. The minimum absolute atomic E-state index is 0.313. The highest BCUT2D eigenvalue weighted by atomic mass is 16.6. The van der Waals surface area contributed by atoms with E-state index in [0.717, 1.165) is 11.3 Å². The number of para-hydroxylation sites is 2. The molecule has 2 rings (SSSR count). The first kappa shape index (κ1) is 11.0. The molecular formula is C13H16O3. The molecule has 0 saturated heterocycles. The molecule has 2 atom stereocenters. The largest absolute Gasteiger partial charge is 0.486 e. The predicted octanol–water partition coefficient (Wildman–Crippen LogP) is 2.15. The minimum Gasteiger partial charge on any atom is -0.486 e. The fraction of sp³-hybridized carbons (Fsp3) is 0.385. The zero-order valence-corrected chi connectivity index (χ0v) is 9.35. The molecule has 0 spiro atoms. The van der Waals surface area contributed by atoms with Crippen molar-refractivity contribution in [1.29, 1.82) is 0 Å². The van der Waals surface area contributed by atoms with Crippen LogP contribution in [0.25, 0.3) is 0 Å². The first-order chi connectivity index (χ1) is 7.66. The van der Waals surface area contributed by atoms with Gasteiger partial charge in [0.1, 0.15) is 6.61 Å². The Hall–Kier alpha value is -1.48. The summed E-state index contributed by atoms with van der Waals surface area (Å²) in [5, 5.41) is 9.90. The highest BCUT2D eigenvalue weighted by Gasteiger charge is 2.27. The van der Waals surface area contributed by atoms with Crippen molar-refractivity contribution in [2.24, 2.45) is 0 Å². The Morgan fingerprint density at radius 2 is 2.19 bits per heavy atom. The average Bonchev–Trinajstić information content (AvgIpc) is 2.27. The number of hydrogen-bond acceptors (Lipinski definition) is 3. The van der Waals surface area contributed by atoms with E-state index in [1.54, 1.807) is 0 Å². The fourth-order valence-corrected chi connectivity index (χ4v) is 1.71. The zero-order valence-electron chi connectivity index (χ0n) is 9.35. The third-order valence-electron chi connectivity index (χ3n) is 2.52. The molecule has 0 fully saturated rings. The Morgan fingerprint density at radius 1 is 1.50 bits per heavy atom. The standard InChI is InChI=1S/C13H16O3/c1-9(2)7-10(14)13-8-15-11-5-3-4-6-12(11)16-13/h3-6,10,13-14H,1,7-8H2,2H3. The topological polar surface area (TPSA) is 38.7 Å². The third-order valence-corrected chi connectivity index (χ3v) is 2.52. The zero-order chi connectivity index (χ0) is 11.5. The molecular weight excluding hydrogens is 204 g/mol. The molecule has 1 aromatic rings. The highest BCUT2D eigenvalue weighted by molar-refractivity contribution is 5.40. The fourth-order valence-electron chi connectivity index (χ4n) is 1.71. The van der Waals surface area contributed by atoms with E-state index in [-0.39, 0.29) is 6.10 Å². The van der Waals surface area contributed by atoms with Gasteiger partial charge < -0.3 is 14.6 Å². The van der Waals surface area contributed by atoms with Gasteiger partial charge in [0, 0.05) is 0 Å². The van der Waals surface area contributed by atoms with E-state index in [1.807, 2.05) is 31.2 Å². The van der Waals surface area contributed by atoms with Gasteiger partial charge in [0.2, 0.25) is 0 Å². The van der Waals surface area contributed by atoms with Crippen LogP contribution < -0.4 is 9.47 Å². The molecule has 2 unspecified atom stereocenters. The second kappa shape index (κ2) is 4.58. The lowest BCUT2D eigenvalue weighted by atomic mass is 10.1.